The molecule has 1 aliphatic carbocycles. The van der Waals surface area contributed by atoms with Gasteiger partial charge in [0.1, 0.15) is 0 Å². The van der Waals surface area contributed by atoms with Crippen LogP contribution in [0.3, 0.4) is 0 Å². The Balaban J connectivity index is 2.57. The van der Waals surface area contributed by atoms with Gasteiger partial charge in [-0.05, 0) is 12.8 Å². The van der Waals surface area contributed by atoms with E-state index in [2.05, 4.69) is 20.4 Å². The van der Waals surface area contributed by atoms with Crippen LogP contribution in [-0.4, -0.2) is 56.9 Å². The lowest BCUT2D eigenvalue weighted by atomic mass is 9.96. The molecule has 0 aromatic heterocycles. The van der Waals surface area contributed by atoms with Crippen molar-refractivity contribution in [1.29, 1.82) is 0 Å². The molecule has 0 aromatic rings. The molecule has 0 aromatic carbocycles. The van der Waals surface area contributed by atoms with Crippen LogP contribution in [0.5, 0.6) is 0 Å². The number of nitrogens with one attached hydrogen (secondary N) is 2. The smallest absolute Gasteiger partial charge is 0.407 e. The van der Waals surface area contributed by atoms with E-state index in [1.165, 1.54) is 25.7 Å². The maximum Gasteiger partial charge on any atom is 0.407 e. The van der Waals surface area contributed by atoms with Gasteiger partial charge in [-0.2, -0.15) is 4.99 Å². The second-order valence-corrected chi connectivity index (χ2v) is 4.84. The number of nitrogens with zero attached hydrogens (tertiary/aromatic N) is 2. The van der Waals surface area contributed by atoms with E-state index >= 15 is 0 Å². The number of aliphatic imine (C=N–C) groups is 1. The molecule has 0 unspecified atom stereocenters. The average Bonchev–Trinajstić information content (AvgIpc) is 2.51. The van der Waals surface area contributed by atoms with Gasteiger partial charge in [0.2, 0.25) is 0 Å². The van der Waals surface area contributed by atoms with Crippen molar-refractivity contribution < 1.29 is 19.2 Å². The number of urea groups is 1. The lowest BCUT2D eigenvalue weighted by molar-refractivity contribution is -0.0431. The number of hydrogen-bond acceptors (Lipinski definition) is 4. The molecule has 1 aliphatic rings. The average molecular weight is 300 g/mol. The molecule has 0 bridgehead atoms. The third-order valence-corrected chi connectivity index (χ3v) is 3.38. The van der Waals surface area contributed by atoms with Gasteiger partial charge in [0.25, 0.3) is 0 Å². The highest BCUT2D eigenvalue weighted by atomic mass is 16.7. The fourth-order valence-electron chi connectivity index (χ4n) is 2.12. The van der Waals surface area contributed by atoms with Crippen LogP contribution in [0.25, 0.3) is 0 Å². The van der Waals surface area contributed by atoms with E-state index in [0.29, 0.717) is 0 Å². The van der Waals surface area contributed by atoms with Gasteiger partial charge in [-0.25, -0.2) is 14.7 Å². The van der Waals surface area contributed by atoms with E-state index in [1.54, 1.807) is 7.05 Å². The zero-order chi connectivity index (χ0) is 15.7. The first-order valence-electron chi connectivity index (χ1n) is 7.04. The van der Waals surface area contributed by atoms with Crippen LogP contribution in [-0.2, 0) is 9.57 Å². The molecule has 2 N–H and O–H groups in total. The molecule has 8 heteroatoms. The van der Waals surface area contributed by atoms with Crippen molar-refractivity contribution in [2.45, 2.75) is 38.1 Å². The van der Waals surface area contributed by atoms with Gasteiger partial charge in [0.05, 0.1) is 20.8 Å². The minimum atomic E-state index is -0.597. The number of carbonyl (C=O) groups is 2. The Morgan fingerprint density at radius 3 is 2.48 bits per heavy atom. The lowest BCUT2D eigenvalue weighted by Gasteiger charge is -2.22. The summed E-state index contributed by atoms with van der Waals surface area (Å²) in [5, 5.41) is 6.66. The van der Waals surface area contributed by atoms with Crippen molar-refractivity contribution in [2.24, 2.45) is 4.99 Å². The van der Waals surface area contributed by atoms with Crippen LogP contribution in [0.2, 0.25) is 0 Å². The molecule has 0 saturated heterocycles. The Labute approximate surface area is 124 Å². The standard InChI is InChI=1S/C13H24N4O4/c1-17(21-3)11(9-14-13(19)20-2)16-12(18)15-10-7-5-4-6-8-10/h10H,4-9H2,1-3H3,(H,14,19)(H,15,18)/b16-11+. The number of rotatable bonds is 4. The second kappa shape index (κ2) is 9.17. The van der Waals surface area contributed by atoms with Crippen LogP contribution in [0, 0.1) is 0 Å². The molecule has 1 rings (SSSR count). The van der Waals surface area contributed by atoms with Crippen molar-refractivity contribution in [2.75, 3.05) is 27.8 Å². The predicted octanol–water partition coefficient (Wildman–Crippen LogP) is 1.28. The molecule has 21 heavy (non-hydrogen) atoms. The van der Waals surface area contributed by atoms with Crippen LogP contribution < -0.4 is 10.6 Å². The predicted molar refractivity (Wildman–Crippen MR) is 78.0 cm³/mol. The van der Waals surface area contributed by atoms with Gasteiger partial charge < -0.3 is 15.4 Å². The third kappa shape index (κ3) is 6.44. The summed E-state index contributed by atoms with van der Waals surface area (Å²) in [5.41, 5.74) is 0. The van der Waals surface area contributed by atoms with E-state index in [1.807, 2.05) is 0 Å². The van der Waals surface area contributed by atoms with Crippen molar-refractivity contribution in [3.63, 3.8) is 0 Å². The highest BCUT2D eigenvalue weighted by molar-refractivity contribution is 5.95. The van der Waals surface area contributed by atoms with Crippen molar-refractivity contribution in [3.8, 4) is 0 Å². The fourth-order valence-corrected chi connectivity index (χ4v) is 2.12. The topological polar surface area (TPSA) is 92.3 Å². The normalized spacial score (nSPS) is 16.2. The zero-order valence-electron chi connectivity index (χ0n) is 12.8. The van der Waals surface area contributed by atoms with E-state index in [9.17, 15) is 9.59 Å². The molecular formula is C13H24N4O4. The monoisotopic (exact) mass is 300 g/mol. The summed E-state index contributed by atoms with van der Waals surface area (Å²) in [6, 6.07) is -0.245. The highest BCUT2D eigenvalue weighted by Crippen LogP contribution is 2.17. The summed E-state index contributed by atoms with van der Waals surface area (Å²) in [7, 11) is 4.32. The Kier molecular flexibility index (Phi) is 7.52. The highest BCUT2D eigenvalue weighted by Gasteiger charge is 2.17. The first kappa shape index (κ1) is 17.2. The molecule has 0 aliphatic heterocycles. The number of hydroxylamine groups is 2. The molecule has 0 radical (unpaired) electrons. The van der Waals surface area contributed by atoms with E-state index in [0.717, 1.165) is 25.7 Å². The number of methoxy groups -OCH3 is 1. The molecule has 0 spiro atoms. The second-order valence-electron chi connectivity index (χ2n) is 4.84. The van der Waals surface area contributed by atoms with E-state index in [4.69, 9.17) is 4.84 Å². The molecule has 1 saturated carbocycles. The van der Waals surface area contributed by atoms with Gasteiger partial charge >= 0.3 is 12.1 Å². The van der Waals surface area contributed by atoms with Gasteiger partial charge in [-0.3, -0.25) is 4.84 Å². The number of ether oxygens (including phenoxy) is 1. The zero-order valence-corrected chi connectivity index (χ0v) is 12.8. The van der Waals surface area contributed by atoms with Crippen LogP contribution in [0.1, 0.15) is 32.1 Å². The molecule has 0 heterocycles. The first-order valence-corrected chi connectivity index (χ1v) is 7.04. The van der Waals surface area contributed by atoms with Crippen LogP contribution in [0.4, 0.5) is 9.59 Å². The Hall–Kier alpha value is -1.83. The van der Waals surface area contributed by atoms with Crippen LogP contribution >= 0.6 is 0 Å². The number of alkyl carbamates (subject to hydrolysis) is 1. The minimum absolute atomic E-state index is 0.0368. The number of carbonyl (C=O) groups excluding carboxylic acids is 2. The molecule has 1 fully saturated rings. The largest absolute Gasteiger partial charge is 0.453 e. The van der Waals surface area contributed by atoms with Crippen molar-refractivity contribution in [1.82, 2.24) is 15.7 Å². The maximum absolute atomic E-state index is 11.9. The molecule has 8 nitrogen and oxygen atoms in total. The lowest BCUT2D eigenvalue weighted by Crippen LogP contribution is -2.40. The SMILES string of the molecule is COC(=O)NC/C(=N\C(=O)NC1CCCCC1)N(C)OC. The van der Waals surface area contributed by atoms with Crippen molar-refractivity contribution >= 4 is 18.0 Å². The quantitative estimate of drug-likeness (QED) is 0.463. The minimum Gasteiger partial charge on any atom is -0.453 e. The van der Waals surface area contributed by atoms with Gasteiger partial charge in [0, 0.05) is 13.1 Å². The number of hydrogen-bond donors (Lipinski definition) is 2. The van der Waals surface area contributed by atoms with Gasteiger partial charge in [-0.15, -0.1) is 0 Å². The number of amidine groups is 1. The van der Waals surface area contributed by atoms with Gasteiger partial charge in [-0.1, -0.05) is 19.3 Å². The van der Waals surface area contributed by atoms with Crippen molar-refractivity contribution in [3.05, 3.63) is 0 Å². The summed E-state index contributed by atoms with van der Waals surface area (Å²) in [6.07, 6.45) is 4.84. The van der Waals surface area contributed by atoms with E-state index in [-0.39, 0.29) is 18.4 Å². The number of amides is 3. The molecule has 120 valence electrons. The summed E-state index contributed by atoms with van der Waals surface area (Å²) in [6.45, 7) is 0.0368. The summed E-state index contributed by atoms with van der Waals surface area (Å²) >= 11 is 0. The molecule has 0 atom stereocenters. The summed E-state index contributed by atoms with van der Waals surface area (Å²) < 4.78 is 4.48. The third-order valence-electron chi connectivity index (χ3n) is 3.38. The molecule has 3 amide bonds. The van der Waals surface area contributed by atoms with Gasteiger partial charge in [0.15, 0.2) is 5.84 Å². The summed E-state index contributed by atoms with van der Waals surface area (Å²) in [5.74, 6) is 0.288. The maximum atomic E-state index is 11.9. The Morgan fingerprint density at radius 1 is 1.24 bits per heavy atom. The fraction of sp³-hybridized carbons (Fsp3) is 0.769. The number of likely N-dealkylation sites (N-methyl/N-ethyl adjacent to an activating group) is 1. The Bertz CT molecular complexity index is 380. The molecular weight excluding hydrogens is 276 g/mol. The first-order chi connectivity index (χ1) is 10.1. The van der Waals surface area contributed by atoms with E-state index < -0.39 is 12.1 Å². The van der Waals surface area contributed by atoms with Crippen LogP contribution in [0.15, 0.2) is 4.99 Å². The Morgan fingerprint density at radius 2 is 1.90 bits per heavy atom. The summed E-state index contributed by atoms with van der Waals surface area (Å²) in [4.78, 5) is 32.0.